The van der Waals surface area contributed by atoms with Crippen LogP contribution in [-0.4, -0.2) is 31.1 Å². The zero-order valence-electron chi connectivity index (χ0n) is 9.89. The van der Waals surface area contributed by atoms with E-state index in [0.29, 0.717) is 5.41 Å². The van der Waals surface area contributed by atoms with Crippen molar-refractivity contribution in [1.82, 2.24) is 4.90 Å². The van der Waals surface area contributed by atoms with Crippen molar-refractivity contribution >= 4 is 0 Å². The molecule has 0 saturated heterocycles. The van der Waals surface area contributed by atoms with Gasteiger partial charge < -0.3 is 10.6 Å². The van der Waals surface area contributed by atoms with E-state index in [-0.39, 0.29) is 0 Å². The molecule has 0 aliphatic heterocycles. The zero-order valence-corrected chi connectivity index (χ0v) is 9.89. The van der Waals surface area contributed by atoms with Crippen LogP contribution in [0.4, 0.5) is 0 Å². The summed E-state index contributed by atoms with van der Waals surface area (Å²) >= 11 is 0. The Balaban J connectivity index is 2.30. The number of hydrogen-bond donors (Lipinski definition) is 1. The van der Waals surface area contributed by atoms with Crippen LogP contribution in [0, 0.1) is 5.41 Å². The summed E-state index contributed by atoms with van der Waals surface area (Å²) in [4.78, 5) is 2.58. The van der Waals surface area contributed by atoms with Crippen molar-refractivity contribution in [1.29, 1.82) is 0 Å². The molecule has 14 heavy (non-hydrogen) atoms. The largest absolute Gasteiger partial charge is 0.330 e. The van der Waals surface area contributed by atoms with Crippen LogP contribution in [0.1, 0.15) is 46.0 Å². The Kier molecular flexibility index (Phi) is 4.90. The third-order valence-corrected chi connectivity index (χ3v) is 3.68. The van der Waals surface area contributed by atoms with Gasteiger partial charge in [-0.1, -0.05) is 26.7 Å². The first-order valence-corrected chi connectivity index (χ1v) is 6.19. The molecular weight excluding hydrogens is 172 g/mol. The number of unbranched alkanes of at least 4 members (excludes halogenated alkanes) is 1. The number of nitrogens with two attached hydrogens (primary N) is 1. The van der Waals surface area contributed by atoms with Gasteiger partial charge in [0.1, 0.15) is 0 Å². The fourth-order valence-electron chi connectivity index (χ4n) is 2.31. The van der Waals surface area contributed by atoms with Gasteiger partial charge in [-0.05, 0) is 44.3 Å². The predicted molar refractivity (Wildman–Crippen MR) is 62.4 cm³/mol. The first-order valence-electron chi connectivity index (χ1n) is 6.19. The predicted octanol–water partition coefficient (Wildman–Crippen LogP) is 2.24. The molecule has 0 atom stereocenters. The van der Waals surface area contributed by atoms with Gasteiger partial charge in [0.2, 0.25) is 0 Å². The zero-order chi connectivity index (χ0) is 10.4. The maximum atomic E-state index is 5.87. The Morgan fingerprint density at radius 1 is 1.29 bits per heavy atom. The lowest BCUT2D eigenvalue weighted by atomic mass is 9.68. The second kappa shape index (κ2) is 5.72. The first-order chi connectivity index (χ1) is 6.76. The fraction of sp³-hybridized carbons (Fsp3) is 1.00. The molecule has 2 N–H and O–H groups in total. The minimum absolute atomic E-state index is 0.490. The molecule has 0 unspecified atom stereocenters. The summed E-state index contributed by atoms with van der Waals surface area (Å²) in [7, 11) is 0. The van der Waals surface area contributed by atoms with Gasteiger partial charge in [-0.3, -0.25) is 0 Å². The van der Waals surface area contributed by atoms with Crippen molar-refractivity contribution in [2.24, 2.45) is 11.1 Å². The second-order valence-corrected chi connectivity index (χ2v) is 4.78. The summed E-state index contributed by atoms with van der Waals surface area (Å²) in [5.74, 6) is 0. The summed E-state index contributed by atoms with van der Waals surface area (Å²) < 4.78 is 0. The Morgan fingerprint density at radius 3 is 2.36 bits per heavy atom. The maximum absolute atomic E-state index is 5.87. The van der Waals surface area contributed by atoms with E-state index in [9.17, 15) is 0 Å². The molecular formula is C12H26N2. The molecule has 0 heterocycles. The van der Waals surface area contributed by atoms with Gasteiger partial charge in [-0.2, -0.15) is 0 Å². The van der Waals surface area contributed by atoms with Crippen molar-refractivity contribution in [3.8, 4) is 0 Å². The highest BCUT2D eigenvalue weighted by atomic mass is 15.1. The number of hydrogen-bond acceptors (Lipinski definition) is 2. The van der Waals surface area contributed by atoms with Crippen molar-refractivity contribution in [2.45, 2.75) is 46.0 Å². The van der Waals surface area contributed by atoms with Gasteiger partial charge in [0.05, 0.1) is 0 Å². The topological polar surface area (TPSA) is 29.3 Å². The summed E-state index contributed by atoms with van der Waals surface area (Å²) in [6.45, 7) is 9.08. The van der Waals surface area contributed by atoms with Crippen LogP contribution in [0.25, 0.3) is 0 Å². The Morgan fingerprint density at radius 2 is 2.00 bits per heavy atom. The van der Waals surface area contributed by atoms with Gasteiger partial charge in [0.25, 0.3) is 0 Å². The average molecular weight is 198 g/mol. The summed E-state index contributed by atoms with van der Waals surface area (Å²) in [6.07, 6.45) is 6.72. The van der Waals surface area contributed by atoms with E-state index in [0.717, 1.165) is 6.54 Å². The number of rotatable bonds is 7. The number of nitrogens with zero attached hydrogens (tertiary/aromatic N) is 1. The van der Waals surface area contributed by atoms with E-state index in [2.05, 4.69) is 18.7 Å². The summed E-state index contributed by atoms with van der Waals surface area (Å²) in [6, 6.07) is 0. The first kappa shape index (κ1) is 12.0. The lowest BCUT2D eigenvalue weighted by molar-refractivity contribution is 0.0766. The highest BCUT2D eigenvalue weighted by Gasteiger charge is 2.36. The van der Waals surface area contributed by atoms with Crippen LogP contribution in [0.3, 0.4) is 0 Å². The molecule has 1 aliphatic rings. The molecule has 2 heteroatoms. The lowest BCUT2D eigenvalue weighted by Gasteiger charge is -2.44. The van der Waals surface area contributed by atoms with Crippen LogP contribution in [0.2, 0.25) is 0 Å². The molecule has 1 rings (SSSR count). The molecule has 0 aromatic carbocycles. The minimum Gasteiger partial charge on any atom is -0.330 e. The Bertz CT molecular complexity index is 147. The quantitative estimate of drug-likeness (QED) is 0.680. The van der Waals surface area contributed by atoms with Gasteiger partial charge in [0.15, 0.2) is 0 Å². The molecule has 0 bridgehead atoms. The van der Waals surface area contributed by atoms with E-state index in [1.807, 2.05) is 0 Å². The third kappa shape index (κ3) is 2.96. The molecule has 0 aromatic rings. The SMILES string of the molecule is CCCCN(CC)CC1(CN)CCC1. The summed E-state index contributed by atoms with van der Waals surface area (Å²) in [5, 5.41) is 0. The second-order valence-electron chi connectivity index (χ2n) is 4.78. The molecule has 0 amide bonds. The fourth-order valence-corrected chi connectivity index (χ4v) is 2.31. The molecule has 1 fully saturated rings. The lowest BCUT2D eigenvalue weighted by Crippen LogP contribution is -2.47. The molecule has 1 saturated carbocycles. The third-order valence-electron chi connectivity index (χ3n) is 3.68. The van der Waals surface area contributed by atoms with Gasteiger partial charge in [-0.25, -0.2) is 0 Å². The normalized spacial score (nSPS) is 19.7. The van der Waals surface area contributed by atoms with E-state index in [1.54, 1.807) is 0 Å². The van der Waals surface area contributed by atoms with E-state index >= 15 is 0 Å². The van der Waals surface area contributed by atoms with Crippen molar-refractivity contribution in [2.75, 3.05) is 26.2 Å². The Hall–Kier alpha value is -0.0800. The van der Waals surface area contributed by atoms with E-state index in [1.165, 1.54) is 51.7 Å². The Labute approximate surface area is 88.8 Å². The highest BCUT2D eigenvalue weighted by molar-refractivity contribution is 4.91. The monoisotopic (exact) mass is 198 g/mol. The van der Waals surface area contributed by atoms with Crippen LogP contribution >= 0.6 is 0 Å². The smallest absolute Gasteiger partial charge is 0.00499 e. The average Bonchev–Trinajstić information content (AvgIpc) is 2.16. The van der Waals surface area contributed by atoms with Crippen molar-refractivity contribution in [3.63, 3.8) is 0 Å². The molecule has 84 valence electrons. The van der Waals surface area contributed by atoms with Gasteiger partial charge in [0, 0.05) is 6.54 Å². The molecule has 0 radical (unpaired) electrons. The molecule has 1 aliphatic carbocycles. The van der Waals surface area contributed by atoms with Crippen molar-refractivity contribution < 1.29 is 0 Å². The minimum atomic E-state index is 0.490. The van der Waals surface area contributed by atoms with Crippen molar-refractivity contribution in [3.05, 3.63) is 0 Å². The van der Waals surface area contributed by atoms with Gasteiger partial charge >= 0.3 is 0 Å². The maximum Gasteiger partial charge on any atom is 0.00499 e. The molecule has 2 nitrogen and oxygen atoms in total. The molecule has 0 aromatic heterocycles. The van der Waals surface area contributed by atoms with Gasteiger partial charge in [-0.15, -0.1) is 0 Å². The standard InChI is InChI=1S/C12H26N2/c1-3-5-9-14(4-2)11-12(10-13)7-6-8-12/h3-11,13H2,1-2H3. The highest BCUT2D eigenvalue weighted by Crippen LogP contribution is 2.40. The molecule has 0 spiro atoms. The van der Waals surface area contributed by atoms with Crippen LogP contribution in [0.5, 0.6) is 0 Å². The van der Waals surface area contributed by atoms with E-state index < -0.39 is 0 Å². The van der Waals surface area contributed by atoms with Crippen LogP contribution < -0.4 is 5.73 Å². The van der Waals surface area contributed by atoms with Crippen LogP contribution in [0.15, 0.2) is 0 Å². The summed E-state index contributed by atoms with van der Waals surface area (Å²) in [5.41, 5.74) is 6.36. The van der Waals surface area contributed by atoms with Crippen LogP contribution in [-0.2, 0) is 0 Å². The van der Waals surface area contributed by atoms with E-state index in [4.69, 9.17) is 5.73 Å².